The summed E-state index contributed by atoms with van der Waals surface area (Å²) in [4.78, 5) is 21.1. The minimum Gasteiger partial charge on any atom is -0.361 e. The van der Waals surface area contributed by atoms with E-state index in [1.165, 1.54) is 0 Å². The van der Waals surface area contributed by atoms with E-state index in [0.29, 0.717) is 24.5 Å². The molecule has 29 heavy (non-hydrogen) atoms. The highest BCUT2D eigenvalue weighted by atomic mass is 35.5. The lowest BCUT2D eigenvalue weighted by atomic mass is 10.1. The fourth-order valence-electron chi connectivity index (χ4n) is 3.59. The number of nitrogens with zero attached hydrogens (tertiary/aromatic N) is 4. The number of amides is 1. The van der Waals surface area contributed by atoms with Crippen molar-refractivity contribution in [3.8, 4) is 0 Å². The smallest absolute Gasteiger partial charge is 0.227 e. The maximum Gasteiger partial charge on any atom is 0.227 e. The topological polar surface area (TPSA) is 74.0 Å². The van der Waals surface area contributed by atoms with E-state index in [9.17, 15) is 4.79 Å². The molecule has 3 rings (SSSR count). The van der Waals surface area contributed by atoms with Crippen LogP contribution < -0.4 is 5.32 Å². The van der Waals surface area contributed by atoms with E-state index >= 15 is 0 Å². The molecule has 1 amide bonds. The van der Waals surface area contributed by atoms with Gasteiger partial charge in [0.05, 0.1) is 12.1 Å². The van der Waals surface area contributed by atoms with E-state index in [-0.39, 0.29) is 5.91 Å². The average Bonchev–Trinajstić information content (AvgIpc) is 3.03. The van der Waals surface area contributed by atoms with Gasteiger partial charge in [-0.15, -0.1) is 0 Å². The Labute approximate surface area is 176 Å². The monoisotopic (exact) mass is 417 g/mol. The predicted molar refractivity (Wildman–Crippen MR) is 114 cm³/mol. The molecule has 1 aliphatic heterocycles. The highest BCUT2D eigenvalue weighted by Crippen LogP contribution is 2.14. The van der Waals surface area contributed by atoms with Crippen LogP contribution in [0.25, 0.3) is 0 Å². The van der Waals surface area contributed by atoms with Crippen LogP contribution in [0.5, 0.6) is 0 Å². The van der Waals surface area contributed by atoms with Crippen LogP contribution in [-0.4, -0.2) is 66.6 Å². The quantitative estimate of drug-likeness (QED) is 0.597. The summed E-state index contributed by atoms with van der Waals surface area (Å²) in [6, 6.07) is 7.48. The number of carbonyl (C=O) groups excluding carboxylic acids is 1. The number of halogens is 1. The van der Waals surface area contributed by atoms with Gasteiger partial charge in [-0.3, -0.25) is 9.79 Å². The molecule has 7 nitrogen and oxygen atoms in total. The van der Waals surface area contributed by atoms with Crippen molar-refractivity contribution in [3.05, 3.63) is 51.9 Å². The van der Waals surface area contributed by atoms with Crippen molar-refractivity contribution in [1.29, 1.82) is 0 Å². The van der Waals surface area contributed by atoms with E-state index in [0.717, 1.165) is 54.6 Å². The molecular weight excluding hydrogens is 390 g/mol. The minimum atomic E-state index is 0.133. The van der Waals surface area contributed by atoms with E-state index in [1.807, 2.05) is 43.0 Å². The second-order valence-electron chi connectivity index (χ2n) is 7.20. The van der Waals surface area contributed by atoms with Gasteiger partial charge in [-0.05, 0) is 38.0 Å². The third-order valence-corrected chi connectivity index (χ3v) is 5.46. The molecule has 1 N–H and O–H groups in total. The number of guanidine groups is 1. The number of rotatable bonds is 5. The minimum absolute atomic E-state index is 0.133. The summed E-state index contributed by atoms with van der Waals surface area (Å²) >= 11 is 6.02. The number of aryl methyl sites for hydroxylation is 2. The number of aliphatic imine (C=N–C) groups is 1. The Morgan fingerprint density at radius 2 is 1.97 bits per heavy atom. The van der Waals surface area contributed by atoms with Crippen LogP contribution in [0.4, 0.5) is 0 Å². The van der Waals surface area contributed by atoms with Gasteiger partial charge in [-0.2, -0.15) is 0 Å². The molecule has 1 fully saturated rings. The maximum absolute atomic E-state index is 12.6. The summed E-state index contributed by atoms with van der Waals surface area (Å²) in [6.07, 6.45) is 1.21. The van der Waals surface area contributed by atoms with E-state index in [4.69, 9.17) is 16.1 Å². The Hall–Kier alpha value is -2.54. The lowest BCUT2D eigenvalue weighted by Crippen LogP contribution is -2.54. The van der Waals surface area contributed by atoms with Crippen LogP contribution in [-0.2, 0) is 17.6 Å². The molecule has 1 aromatic heterocycles. The highest BCUT2D eigenvalue weighted by Gasteiger charge is 2.23. The summed E-state index contributed by atoms with van der Waals surface area (Å²) in [6.45, 7) is 7.53. The molecule has 8 heteroatoms. The molecule has 2 aromatic rings. The van der Waals surface area contributed by atoms with E-state index in [2.05, 4.69) is 20.4 Å². The largest absolute Gasteiger partial charge is 0.361 e. The molecular formula is C21H28ClN5O2. The highest BCUT2D eigenvalue weighted by molar-refractivity contribution is 6.30. The molecule has 2 heterocycles. The van der Waals surface area contributed by atoms with Crippen LogP contribution in [0.15, 0.2) is 33.8 Å². The Morgan fingerprint density at radius 1 is 1.24 bits per heavy atom. The normalized spacial score (nSPS) is 15.0. The molecule has 156 valence electrons. The van der Waals surface area contributed by atoms with Gasteiger partial charge in [0.1, 0.15) is 5.76 Å². The van der Waals surface area contributed by atoms with Crippen LogP contribution in [0.2, 0.25) is 5.02 Å². The standard InChI is InChI=1S/C21H28ClN5O2/c1-15-19(16(2)29-25-15)7-8-24-21(23-3)27-11-9-26(10-12-27)20(28)14-17-5-4-6-18(22)13-17/h4-6,13H,7-12,14H2,1-3H3,(H,23,24). The van der Waals surface area contributed by atoms with Gasteiger partial charge in [0.2, 0.25) is 5.91 Å². The summed E-state index contributed by atoms with van der Waals surface area (Å²) in [5.41, 5.74) is 3.03. The first kappa shape index (κ1) is 21.2. The molecule has 1 aliphatic rings. The predicted octanol–water partition coefficient (Wildman–Crippen LogP) is 2.45. The first-order valence-corrected chi connectivity index (χ1v) is 10.2. The van der Waals surface area contributed by atoms with Gasteiger partial charge in [-0.25, -0.2) is 0 Å². The molecule has 0 bridgehead atoms. The first-order valence-electron chi connectivity index (χ1n) is 9.87. The van der Waals surface area contributed by atoms with Crippen molar-refractivity contribution in [3.63, 3.8) is 0 Å². The van der Waals surface area contributed by atoms with Gasteiger partial charge in [0, 0.05) is 50.4 Å². The maximum atomic E-state index is 12.6. The van der Waals surface area contributed by atoms with Crippen LogP contribution in [0.3, 0.4) is 0 Å². The van der Waals surface area contributed by atoms with Crippen molar-refractivity contribution >= 4 is 23.5 Å². The molecule has 0 atom stereocenters. The molecule has 0 unspecified atom stereocenters. The van der Waals surface area contributed by atoms with E-state index < -0.39 is 0 Å². The number of benzene rings is 1. The zero-order valence-electron chi connectivity index (χ0n) is 17.2. The number of hydrogen-bond donors (Lipinski definition) is 1. The van der Waals surface area contributed by atoms with Crippen molar-refractivity contribution in [2.45, 2.75) is 26.7 Å². The second-order valence-corrected chi connectivity index (χ2v) is 7.64. The van der Waals surface area contributed by atoms with Gasteiger partial charge in [-0.1, -0.05) is 28.9 Å². The van der Waals surface area contributed by atoms with Gasteiger partial charge in [0.25, 0.3) is 0 Å². The fourth-order valence-corrected chi connectivity index (χ4v) is 3.80. The zero-order valence-corrected chi connectivity index (χ0v) is 18.0. The van der Waals surface area contributed by atoms with Crippen molar-refractivity contribution in [1.82, 2.24) is 20.3 Å². The molecule has 0 saturated carbocycles. The van der Waals surface area contributed by atoms with Crippen molar-refractivity contribution < 1.29 is 9.32 Å². The Morgan fingerprint density at radius 3 is 2.59 bits per heavy atom. The summed E-state index contributed by atoms with van der Waals surface area (Å²) in [5, 5.41) is 8.06. The van der Waals surface area contributed by atoms with Crippen molar-refractivity contribution in [2.75, 3.05) is 39.8 Å². The van der Waals surface area contributed by atoms with Crippen LogP contribution in [0.1, 0.15) is 22.6 Å². The molecule has 1 saturated heterocycles. The molecule has 0 spiro atoms. The number of hydrogen-bond acceptors (Lipinski definition) is 4. The molecule has 0 radical (unpaired) electrons. The van der Waals surface area contributed by atoms with Gasteiger partial charge >= 0.3 is 0 Å². The number of nitrogens with one attached hydrogen (secondary N) is 1. The number of aromatic nitrogens is 1. The third-order valence-electron chi connectivity index (χ3n) is 5.23. The lowest BCUT2D eigenvalue weighted by Gasteiger charge is -2.36. The van der Waals surface area contributed by atoms with Gasteiger partial charge in [0.15, 0.2) is 5.96 Å². The van der Waals surface area contributed by atoms with Crippen molar-refractivity contribution in [2.24, 2.45) is 4.99 Å². The Kier molecular flexibility index (Phi) is 7.14. The Balaban J connectivity index is 1.46. The SMILES string of the molecule is CN=C(NCCc1c(C)noc1C)N1CCN(C(=O)Cc2cccc(Cl)c2)CC1. The fraction of sp³-hybridized carbons (Fsp3) is 0.476. The molecule has 1 aromatic carbocycles. The van der Waals surface area contributed by atoms with Crippen LogP contribution >= 0.6 is 11.6 Å². The summed E-state index contributed by atoms with van der Waals surface area (Å²) in [5.74, 6) is 1.86. The third kappa shape index (κ3) is 5.50. The average molecular weight is 418 g/mol. The van der Waals surface area contributed by atoms with Gasteiger partial charge < -0.3 is 19.6 Å². The van der Waals surface area contributed by atoms with Crippen LogP contribution in [0, 0.1) is 13.8 Å². The van der Waals surface area contributed by atoms with E-state index in [1.54, 1.807) is 7.05 Å². The second kappa shape index (κ2) is 9.78. The number of carbonyl (C=O) groups is 1. The zero-order chi connectivity index (χ0) is 20.8. The summed E-state index contributed by atoms with van der Waals surface area (Å²) < 4.78 is 5.22. The number of piperazine rings is 1. The lowest BCUT2D eigenvalue weighted by molar-refractivity contribution is -0.131. The summed E-state index contributed by atoms with van der Waals surface area (Å²) in [7, 11) is 1.79. The first-order chi connectivity index (χ1) is 14.0. The Bertz CT molecular complexity index is 852. The molecule has 0 aliphatic carbocycles.